The van der Waals surface area contributed by atoms with Crippen molar-refractivity contribution in [1.82, 2.24) is 13.7 Å². The lowest BCUT2D eigenvalue weighted by molar-refractivity contribution is -0.136. The molecule has 6 aromatic rings. The predicted octanol–water partition coefficient (Wildman–Crippen LogP) is 20.0. The number of hydrogen-bond donors (Lipinski definition) is 1. The molecule has 0 amide bonds. The number of carbonyl (C=O) groups is 2. The molecule has 6 nitrogen and oxygen atoms in total. The first kappa shape index (κ1) is 57.7. The molecule has 0 spiro atoms. The Hall–Kier alpha value is -5.72. The Balaban J connectivity index is 0.000000109. The second-order valence-corrected chi connectivity index (χ2v) is 31.4. The molecule has 3 heterocycles. The molecular weight excluding hydrogens is 1060 g/mol. The normalized spacial score (nSPS) is 39.6. The summed E-state index contributed by atoms with van der Waals surface area (Å²) in [5, 5.41) is 14.2. The molecule has 0 bridgehead atoms. The van der Waals surface area contributed by atoms with Gasteiger partial charge in [-0.2, -0.15) is 0 Å². The molecule has 10 unspecified atom stereocenters. The van der Waals surface area contributed by atoms with Crippen molar-refractivity contribution in [3.8, 4) is 0 Å². The van der Waals surface area contributed by atoms with Crippen LogP contribution >= 0.6 is 0 Å². The quantitative estimate of drug-likeness (QED) is 0.180. The van der Waals surface area contributed by atoms with Crippen LogP contribution in [0.1, 0.15) is 183 Å². The Morgan fingerprint density at radius 1 is 0.437 bits per heavy atom. The molecule has 17 atom stereocenters. The maximum Gasteiger partial charge on any atom is 0.155 e. The number of benzene rings is 3. The summed E-state index contributed by atoms with van der Waals surface area (Å²) < 4.78 is 7.45. The van der Waals surface area contributed by atoms with Crippen LogP contribution in [0.2, 0.25) is 0 Å². The van der Waals surface area contributed by atoms with Gasteiger partial charge in [0.25, 0.3) is 0 Å². The van der Waals surface area contributed by atoms with Crippen molar-refractivity contribution < 1.29 is 14.7 Å². The van der Waals surface area contributed by atoms with Gasteiger partial charge >= 0.3 is 0 Å². The van der Waals surface area contributed by atoms with Crippen molar-refractivity contribution in [2.75, 3.05) is 0 Å². The zero-order valence-corrected chi connectivity index (χ0v) is 52.4. The molecule has 12 aliphatic carbocycles. The van der Waals surface area contributed by atoms with Crippen molar-refractivity contribution in [2.45, 2.75) is 189 Å². The Bertz CT molecular complexity index is 3850. The van der Waals surface area contributed by atoms with E-state index in [1.54, 1.807) is 17.0 Å². The zero-order chi connectivity index (χ0) is 58.5. The Morgan fingerprint density at radius 2 is 0.954 bits per heavy atom. The van der Waals surface area contributed by atoms with E-state index in [1.165, 1.54) is 134 Å². The van der Waals surface area contributed by atoms with Crippen LogP contribution in [0.4, 0.5) is 0 Å². The van der Waals surface area contributed by atoms with Crippen LogP contribution < -0.4 is 0 Å². The number of aromatic nitrogens is 3. The van der Waals surface area contributed by atoms with Crippen molar-refractivity contribution in [3.05, 3.63) is 151 Å². The molecule has 12 aliphatic rings. The van der Waals surface area contributed by atoms with Crippen molar-refractivity contribution in [1.29, 1.82) is 0 Å². The van der Waals surface area contributed by atoms with Gasteiger partial charge in [0.05, 0.1) is 22.7 Å². The minimum atomic E-state index is -0.110. The van der Waals surface area contributed by atoms with E-state index < -0.39 is 0 Å². The van der Waals surface area contributed by atoms with Gasteiger partial charge < -0.3 is 18.8 Å². The van der Waals surface area contributed by atoms with Gasteiger partial charge in [0.15, 0.2) is 5.78 Å². The first-order valence-electron chi connectivity index (χ1n) is 34.6. The number of fused-ring (bicyclic) bond motifs is 18. The minimum absolute atomic E-state index is 0. The van der Waals surface area contributed by atoms with Gasteiger partial charge in [-0.1, -0.05) is 132 Å². The number of rotatable bonds is 3. The summed E-state index contributed by atoms with van der Waals surface area (Å²) in [4.78, 5) is 24.0. The number of para-hydroxylation sites is 3. The monoisotopic (exact) mass is 1160 g/mol. The molecule has 0 saturated heterocycles. The number of nitrogens with zero attached hydrogens (tertiary/aromatic N) is 3. The van der Waals surface area contributed by atoms with E-state index in [1.807, 2.05) is 6.08 Å². The lowest BCUT2D eigenvalue weighted by Gasteiger charge is -2.60. The number of carbonyl (C=O) groups excluding carboxylic acids is 2. The van der Waals surface area contributed by atoms with Gasteiger partial charge in [0.2, 0.25) is 0 Å². The van der Waals surface area contributed by atoms with E-state index in [-0.39, 0.29) is 29.8 Å². The maximum absolute atomic E-state index is 12.1. The van der Waals surface area contributed by atoms with E-state index in [0.717, 1.165) is 105 Å². The lowest BCUT2D eigenvalue weighted by Crippen LogP contribution is -2.53. The average molecular weight is 1160 g/mol. The van der Waals surface area contributed by atoms with Crippen molar-refractivity contribution >= 4 is 61.4 Å². The highest BCUT2D eigenvalue weighted by molar-refractivity contribution is 5.91. The third-order valence-corrected chi connectivity index (χ3v) is 28.1. The fourth-order valence-corrected chi connectivity index (χ4v) is 23.5. The molecule has 1 N–H and O–H groups in total. The van der Waals surface area contributed by atoms with E-state index >= 15 is 0 Å². The van der Waals surface area contributed by atoms with Crippen LogP contribution in [-0.2, 0) is 9.59 Å². The number of allylic oxidation sites excluding steroid dienone is 9. The molecular formula is C81H99N3O3. The summed E-state index contributed by atoms with van der Waals surface area (Å²) in [5.74, 6) is 9.38. The number of aliphatic hydroxyl groups excluding tert-OH is 1. The van der Waals surface area contributed by atoms with E-state index in [0.29, 0.717) is 34.2 Å². The molecule has 3 aromatic heterocycles. The fraction of sp³-hybridized carbons (Fsp3) is 0.556. The van der Waals surface area contributed by atoms with Gasteiger partial charge in [-0.05, 0) is 257 Å². The number of Topliss-reactive ketones (excluding diaryl/α,β-unsaturated/α-hetero) is 1. The van der Waals surface area contributed by atoms with Crippen LogP contribution in [0.15, 0.2) is 151 Å². The first-order valence-corrected chi connectivity index (χ1v) is 34.6. The van der Waals surface area contributed by atoms with E-state index in [4.69, 9.17) is 0 Å². The van der Waals surface area contributed by atoms with Gasteiger partial charge in [0, 0.05) is 71.2 Å². The number of hydrogen-bond acceptors (Lipinski definition) is 3. The number of aliphatic hydroxyl groups is 1. The fourth-order valence-electron chi connectivity index (χ4n) is 23.5. The molecule has 0 radical (unpaired) electrons. The second kappa shape index (κ2) is 21.5. The smallest absolute Gasteiger partial charge is 0.155 e. The standard InChI is InChI=1S/2C27H33NO.C26H29NO.CH4/c2*1-26-14-11-20(29)17-19(26)7-8-21-22-9-10-25(27(22,2)15-12-23(21)26)28-16-13-18-5-3-4-6-24(18)28;1-26-14-12-21-20-9-7-19(28)16-18(20)6-8-22(21)23(26)10-11-25(26)27-15-13-17-4-2-3-5-24(17)27;/h3-6,10,13,16,19,21-23H,7-9,11-12,14-15,17H2,1-2H3;3-7,10,13,16,20-23,29H,8-9,11-12,14-15,17H2,1-2H3;2-5,11,13,15-16,20-23H,6-10,12,14H2,1H3;1H4/t19-,21?,22?,23?,26-,27-;20-,21?,22?,23?,26-,27-;20?,21?,22?,23?,26-;/m000./s1. The van der Waals surface area contributed by atoms with Crippen molar-refractivity contribution in [3.63, 3.8) is 0 Å². The largest absolute Gasteiger partial charge is 0.393 e. The summed E-state index contributed by atoms with van der Waals surface area (Å²) in [7, 11) is 0. The molecule has 0 aliphatic heterocycles. The summed E-state index contributed by atoms with van der Waals surface area (Å²) in [6, 6.07) is 33.2. The van der Waals surface area contributed by atoms with Crippen LogP contribution in [0.5, 0.6) is 0 Å². The minimum Gasteiger partial charge on any atom is -0.393 e. The van der Waals surface area contributed by atoms with Gasteiger partial charge in [-0.3, -0.25) is 9.59 Å². The van der Waals surface area contributed by atoms with Crippen molar-refractivity contribution in [2.24, 2.45) is 92.2 Å². The van der Waals surface area contributed by atoms with E-state index in [2.05, 4.69) is 182 Å². The topological polar surface area (TPSA) is 69.2 Å². The molecule has 7 saturated carbocycles. The van der Waals surface area contributed by atoms with Crippen LogP contribution in [0.3, 0.4) is 0 Å². The third kappa shape index (κ3) is 8.89. The SMILES string of the molecule is C.C[C@]12CCC3C(CC[C@H]4CC(=O)CC[C@]34C)C1CC=C2n1ccc2ccccc21.C[C@]12CCC3C4CCC(=O)C=C4CCC3C1CC=C2n1ccc2ccccc21.C[C@]12CC[C@H](O)CC1=CCC1C2CC[C@]2(C)C(n3ccc4ccccc43)=CCC12. The van der Waals surface area contributed by atoms with Gasteiger partial charge in [-0.15, -0.1) is 0 Å². The van der Waals surface area contributed by atoms with Crippen LogP contribution in [-0.4, -0.2) is 36.5 Å². The summed E-state index contributed by atoms with van der Waals surface area (Å²) in [6.45, 7) is 12.7. The molecule has 3 aromatic carbocycles. The van der Waals surface area contributed by atoms with Gasteiger partial charge in [0.1, 0.15) is 5.78 Å². The molecule has 7 fully saturated rings. The van der Waals surface area contributed by atoms with Crippen LogP contribution in [0, 0.1) is 92.2 Å². The van der Waals surface area contributed by atoms with Gasteiger partial charge in [-0.25, -0.2) is 0 Å². The number of ketones is 2. The maximum atomic E-state index is 12.1. The molecule has 87 heavy (non-hydrogen) atoms. The first-order chi connectivity index (χ1) is 41.7. The predicted molar refractivity (Wildman–Crippen MR) is 358 cm³/mol. The summed E-state index contributed by atoms with van der Waals surface area (Å²) in [6.07, 6.45) is 44.6. The van der Waals surface area contributed by atoms with Crippen LogP contribution in [0.25, 0.3) is 49.8 Å². The third-order valence-electron chi connectivity index (χ3n) is 28.1. The second-order valence-electron chi connectivity index (χ2n) is 31.4. The Morgan fingerprint density at radius 3 is 1.54 bits per heavy atom. The Labute approximate surface area is 519 Å². The Kier molecular flexibility index (Phi) is 14.2. The molecule has 6 heteroatoms. The summed E-state index contributed by atoms with van der Waals surface area (Å²) >= 11 is 0. The highest BCUT2D eigenvalue weighted by atomic mass is 16.3. The highest BCUT2D eigenvalue weighted by Crippen LogP contribution is 2.69. The molecule has 456 valence electrons. The van der Waals surface area contributed by atoms with E-state index in [9.17, 15) is 14.7 Å². The zero-order valence-electron chi connectivity index (χ0n) is 52.4. The molecule has 18 rings (SSSR count). The lowest BCUT2D eigenvalue weighted by atomic mass is 9.45. The average Bonchev–Trinajstić information content (AvgIpc) is 1.71. The highest BCUT2D eigenvalue weighted by Gasteiger charge is 2.61. The summed E-state index contributed by atoms with van der Waals surface area (Å²) in [5.41, 5.74) is 13.3.